The van der Waals surface area contributed by atoms with Gasteiger partial charge in [-0.2, -0.15) is 0 Å². The fourth-order valence-corrected chi connectivity index (χ4v) is 3.10. The molecule has 0 bridgehead atoms. The monoisotopic (exact) mass is 388 g/mol. The highest BCUT2D eigenvalue weighted by molar-refractivity contribution is 9.10. The van der Waals surface area contributed by atoms with Crippen molar-refractivity contribution in [2.24, 2.45) is 0 Å². The van der Waals surface area contributed by atoms with Gasteiger partial charge in [0.1, 0.15) is 16.4 Å². The van der Waals surface area contributed by atoms with Crippen molar-refractivity contribution in [3.63, 3.8) is 0 Å². The standard InChI is InChI=1S/C14H11BrCl2N2O2/c15-9-3-1-2-8(6-9)11-12(16)18-14(19-13(11)17)10-7-20-4-5-21-10/h1-3,6,10H,4-5,7H2. The molecule has 1 saturated heterocycles. The van der Waals surface area contributed by atoms with Crippen LogP contribution in [0.4, 0.5) is 0 Å². The molecule has 1 fully saturated rings. The molecule has 3 rings (SSSR count). The van der Waals surface area contributed by atoms with Crippen molar-refractivity contribution in [1.82, 2.24) is 9.97 Å². The highest BCUT2D eigenvalue weighted by Crippen LogP contribution is 2.35. The summed E-state index contributed by atoms with van der Waals surface area (Å²) in [7, 11) is 0. The maximum Gasteiger partial charge on any atom is 0.162 e. The summed E-state index contributed by atoms with van der Waals surface area (Å²) in [6.07, 6.45) is -0.328. The number of aromatic nitrogens is 2. The number of halogens is 3. The van der Waals surface area contributed by atoms with Crippen LogP contribution in [0.3, 0.4) is 0 Å². The zero-order chi connectivity index (χ0) is 14.8. The second-order valence-corrected chi connectivity index (χ2v) is 6.11. The molecule has 0 N–H and O–H groups in total. The largest absolute Gasteiger partial charge is 0.376 e. The van der Waals surface area contributed by atoms with Crippen LogP contribution in [0, 0.1) is 0 Å². The lowest BCUT2D eigenvalue weighted by molar-refractivity contribution is -0.0935. The minimum absolute atomic E-state index is 0.303. The molecule has 2 heterocycles. The molecule has 21 heavy (non-hydrogen) atoms. The molecular formula is C14H11BrCl2N2O2. The maximum atomic E-state index is 6.29. The number of hydrogen-bond donors (Lipinski definition) is 0. The summed E-state index contributed by atoms with van der Waals surface area (Å²) in [4.78, 5) is 8.63. The number of ether oxygens (including phenoxy) is 2. The van der Waals surface area contributed by atoms with Gasteiger partial charge in [-0.05, 0) is 17.7 Å². The van der Waals surface area contributed by atoms with E-state index in [4.69, 9.17) is 32.7 Å². The summed E-state index contributed by atoms with van der Waals surface area (Å²) < 4.78 is 11.8. The van der Waals surface area contributed by atoms with Crippen LogP contribution in [0.5, 0.6) is 0 Å². The van der Waals surface area contributed by atoms with Crippen molar-refractivity contribution < 1.29 is 9.47 Å². The van der Waals surface area contributed by atoms with Crippen LogP contribution in [-0.4, -0.2) is 29.8 Å². The van der Waals surface area contributed by atoms with E-state index in [9.17, 15) is 0 Å². The summed E-state index contributed by atoms with van der Waals surface area (Å²) in [5.74, 6) is 0.448. The fraction of sp³-hybridized carbons (Fsp3) is 0.286. The first-order valence-electron chi connectivity index (χ1n) is 6.33. The molecule has 0 radical (unpaired) electrons. The van der Waals surface area contributed by atoms with Gasteiger partial charge >= 0.3 is 0 Å². The zero-order valence-electron chi connectivity index (χ0n) is 10.9. The zero-order valence-corrected chi connectivity index (χ0v) is 14.0. The molecule has 1 aromatic heterocycles. The van der Waals surface area contributed by atoms with E-state index < -0.39 is 0 Å². The van der Waals surface area contributed by atoms with Crippen molar-refractivity contribution in [1.29, 1.82) is 0 Å². The van der Waals surface area contributed by atoms with E-state index in [0.29, 0.717) is 41.5 Å². The summed E-state index contributed by atoms with van der Waals surface area (Å²) in [5.41, 5.74) is 1.46. The van der Waals surface area contributed by atoms with Crippen LogP contribution in [0.25, 0.3) is 11.1 Å². The molecule has 1 aromatic carbocycles. The third kappa shape index (κ3) is 3.38. The molecule has 1 atom stereocenters. The molecule has 0 aliphatic carbocycles. The molecule has 4 nitrogen and oxygen atoms in total. The SMILES string of the molecule is Clc1nc(C2COCCO2)nc(Cl)c1-c1cccc(Br)c1. The second-order valence-electron chi connectivity index (χ2n) is 4.48. The highest BCUT2D eigenvalue weighted by atomic mass is 79.9. The van der Waals surface area contributed by atoms with E-state index >= 15 is 0 Å². The van der Waals surface area contributed by atoms with Gasteiger partial charge in [-0.3, -0.25) is 0 Å². The maximum absolute atomic E-state index is 6.29. The summed E-state index contributed by atoms with van der Waals surface area (Å²) >= 11 is 16.0. The topological polar surface area (TPSA) is 44.2 Å². The van der Waals surface area contributed by atoms with Gasteiger partial charge in [0.2, 0.25) is 0 Å². The molecule has 1 unspecified atom stereocenters. The molecule has 1 aliphatic heterocycles. The Hall–Kier alpha value is -0.720. The first-order valence-corrected chi connectivity index (χ1v) is 7.88. The van der Waals surface area contributed by atoms with Crippen LogP contribution < -0.4 is 0 Å². The second kappa shape index (κ2) is 6.58. The van der Waals surface area contributed by atoms with Crippen molar-refractivity contribution in [2.75, 3.05) is 19.8 Å². The quantitative estimate of drug-likeness (QED) is 0.718. The Morgan fingerprint density at radius 2 is 1.90 bits per heavy atom. The van der Waals surface area contributed by atoms with Crippen LogP contribution in [-0.2, 0) is 9.47 Å². The number of rotatable bonds is 2. The molecule has 7 heteroatoms. The third-order valence-electron chi connectivity index (χ3n) is 3.06. The van der Waals surface area contributed by atoms with E-state index in [1.807, 2.05) is 24.3 Å². The molecule has 0 saturated carbocycles. The average molecular weight is 390 g/mol. The Bertz CT molecular complexity index is 640. The Balaban J connectivity index is 2.00. The highest BCUT2D eigenvalue weighted by Gasteiger charge is 2.23. The minimum Gasteiger partial charge on any atom is -0.376 e. The Morgan fingerprint density at radius 3 is 2.52 bits per heavy atom. The van der Waals surface area contributed by atoms with Crippen LogP contribution in [0.15, 0.2) is 28.7 Å². The van der Waals surface area contributed by atoms with E-state index in [0.717, 1.165) is 10.0 Å². The van der Waals surface area contributed by atoms with Crippen LogP contribution in [0.2, 0.25) is 10.3 Å². The lowest BCUT2D eigenvalue weighted by Gasteiger charge is -2.22. The molecular weight excluding hydrogens is 379 g/mol. The lowest BCUT2D eigenvalue weighted by atomic mass is 10.1. The molecule has 0 spiro atoms. The molecule has 1 aliphatic rings. The van der Waals surface area contributed by atoms with Crippen molar-refractivity contribution in [3.8, 4) is 11.1 Å². The molecule has 2 aromatic rings. The van der Waals surface area contributed by atoms with Gasteiger partial charge < -0.3 is 9.47 Å². The summed E-state index contributed by atoms with van der Waals surface area (Å²) in [6.45, 7) is 1.49. The van der Waals surface area contributed by atoms with E-state index in [-0.39, 0.29) is 6.10 Å². The van der Waals surface area contributed by atoms with E-state index in [1.165, 1.54) is 0 Å². The van der Waals surface area contributed by atoms with E-state index in [1.54, 1.807) is 0 Å². The lowest BCUT2D eigenvalue weighted by Crippen LogP contribution is -2.23. The smallest absolute Gasteiger partial charge is 0.162 e. The summed E-state index contributed by atoms with van der Waals surface area (Å²) in [5, 5.41) is 0.606. The minimum atomic E-state index is -0.328. The van der Waals surface area contributed by atoms with Crippen LogP contribution in [0.1, 0.15) is 11.9 Å². The van der Waals surface area contributed by atoms with Gasteiger partial charge in [-0.25, -0.2) is 9.97 Å². The fourth-order valence-electron chi connectivity index (χ4n) is 2.09. The van der Waals surface area contributed by atoms with Gasteiger partial charge in [-0.15, -0.1) is 0 Å². The van der Waals surface area contributed by atoms with Gasteiger partial charge in [0.15, 0.2) is 5.82 Å². The van der Waals surface area contributed by atoms with Gasteiger partial charge in [0, 0.05) is 4.47 Å². The van der Waals surface area contributed by atoms with Crippen LogP contribution >= 0.6 is 39.1 Å². The van der Waals surface area contributed by atoms with Gasteiger partial charge in [0.25, 0.3) is 0 Å². The predicted octanol–water partition coefficient (Wildman–Crippen LogP) is 4.30. The van der Waals surface area contributed by atoms with Gasteiger partial charge in [0.05, 0.1) is 25.4 Å². The molecule has 110 valence electrons. The third-order valence-corrected chi connectivity index (χ3v) is 4.10. The molecule has 0 amide bonds. The van der Waals surface area contributed by atoms with E-state index in [2.05, 4.69) is 25.9 Å². The number of benzene rings is 1. The number of hydrogen-bond acceptors (Lipinski definition) is 4. The Kier molecular flexibility index (Phi) is 4.76. The summed E-state index contributed by atoms with van der Waals surface area (Å²) in [6, 6.07) is 7.64. The Morgan fingerprint density at radius 1 is 1.14 bits per heavy atom. The predicted molar refractivity (Wildman–Crippen MR) is 84.7 cm³/mol. The van der Waals surface area contributed by atoms with Crippen molar-refractivity contribution in [2.45, 2.75) is 6.10 Å². The first kappa shape index (κ1) is 15.2. The first-order chi connectivity index (χ1) is 10.1. The Labute approximate surface area is 140 Å². The number of nitrogens with zero attached hydrogens (tertiary/aromatic N) is 2. The van der Waals surface area contributed by atoms with Crippen molar-refractivity contribution >= 4 is 39.1 Å². The normalized spacial score (nSPS) is 18.7. The average Bonchev–Trinajstić information content (AvgIpc) is 2.47. The van der Waals surface area contributed by atoms with Crippen molar-refractivity contribution in [3.05, 3.63) is 44.9 Å². The van der Waals surface area contributed by atoms with Gasteiger partial charge in [-0.1, -0.05) is 51.3 Å².